The molecule has 10 heteroatoms. The molecule has 1 heterocycles. The zero-order valence-corrected chi connectivity index (χ0v) is 11.5. The molecule has 2 N–H and O–H groups in total. The van der Waals surface area contributed by atoms with Gasteiger partial charge in [0.25, 0.3) is 0 Å². The van der Waals surface area contributed by atoms with E-state index in [0.29, 0.717) is 0 Å². The number of nitrogens with two attached hydrogens (primary N) is 1. The molecule has 0 aliphatic carbocycles. The van der Waals surface area contributed by atoms with E-state index >= 15 is 0 Å². The summed E-state index contributed by atoms with van der Waals surface area (Å²) in [5.74, 6) is 0. The predicted molar refractivity (Wildman–Crippen MR) is 66.1 cm³/mol. The third-order valence-electron chi connectivity index (χ3n) is 2.07. The number of rotatable bonds is 5. The monoisotopic (exact) mass is 315 g/mol. The van der Waals surface area contributed by atoms with Crippen molar-refractivity contribution in [1.82, 2.24) is 9.80 Å². The molecule has 1 aliphatic heterocycles. The van der Waals surface area contributed by atoms with Crippen molar-refractivity contribution in [2.75, 3.05) is 26.3 Å². The molecule has 0 unspecified atom stereocenters. The van der Waals surface area contributed by atoms with Crippen LogP contribution in [0.5, 0.6) is 0 Å². The van der Waals surface area contributed by atoms with Crippen LogP contribution in [-0.4, -0.2) is 36.1 Å². The average Bonchev–Trinajstić information content (AvgIpc) is 2.58. The summed E-state index contributed by atoms with van der Waals surface area (Å²) in [6.07, 6.45) is 6.83. The Morgan fingerprint density at radius 3 is 1.84 bits per heavy atom. The fourth-order valence-electron chi connectivity index (χ4n) is 1.33. The summed E-state index contributed by atoms with van der Waals surface area (Å²) in [7, 11) is -10.7. The van der Waals surface area contributed by atoms with Crippen LogP contribution in [0.4, 0.5) is 25.2 Å². The minimum Gasteiger partial charge on any atom is 1.00 e. The molecular weight excluding hydrogens is 295 g/mol. The first-order valence-electron chi connectivity index (χ1n) is 5.74. The van der Waals surface area contributed by atoms with Crippen LogP contribution in [0.1, 0.15) is 21.2 Å². The molecule has 0 aromatic carbocycles. The smallest absolute Gasteiger partial charge is 1.00 e. The van der Waals surface area contributed by atoms with E-state index in [1.807, 2.05) is 0 Å². The first-order valence-corrected chi connectivity index (χ1v) is 7.77. The van der Waals surface area contributed by atoms with Crippen molar-refractivity contribution < 1.29 is 26.6 Å². The Hall–Kier alpha value is -0.690. The van der Waals surface area contributed by atoms with Crippen LogP contribution in [0, 0.1) is 0 Å². The van der Waals surface area contributed by atoms with Gasteiger partial charge in [-0.25, -0.2) is 0 Å². The second-order valence-electron chi connectivity index (χ2n) is 4.16. The summed E-state index contributed by atoms with van der Waals surface area (Å²) in [5.41, 5.74) is 5.46. The van der Waals surface area contributed by atoms with Crippen LogP contribution >= 0.6 is 7.81 Å². The Kier molecular flexibility index (Phi) is 5.54. The van der Waals surface area contributed by atoms with Gasteiger partial charge in [-0.2, -0.15) is 0 Å². The van der Waals surface area contributed by atoms with Crippen LogP contribution in [0.2, 0.25) is 0 Å². The van der Waals surface area contributed by atoms with Crippen molar-refractivity contribution >= 4 is 7.81 Å². The van der Waals surface area contributed by atoms with Gasteiger partial charge in [0, 0.05) is 32.0 Å². The Morgan fingerprint density at radius 2 is 1.47 bits per heavy atom. The SMILES string of the molecule is CCCCN1C=CN(CCN)C1.F[P-](F)(F)(F)(F)F.[H+]. The van der Waals surface area contributed by atoms with Gasteiger partial charge < -0.3 is 15.5 Å². The molecule has 118 valence electrons. The van der Waals surface area contributed by atoms with Crippen LogP contribution in [0.15, 0.2) is 12.4 Å². The van der Waals surface area contributed by atoms with Crippen molar-refractivity contribution in [3.05, 3.63) is 12.4 Å². The Balaban J connectivity index is 0. The van der Waals surface area contributed by atoms with Gasteiger partial charge >= 0.3 is 34.4 Å². The number of nitrogens with zero attached hydrogens (tertiary/aromatic N) is 2. The van der Waals surface area contributed by atoms with E-state index in [4.69, 9.17) is 5.73 Å². The molecule has 1 aliphatic rings. The fourth-order valence-corrected chi connectivity index (χ4v) is 1.33. The Labute approximate surface area is 109 Å². The van der Waals surface area contributed by atoms with Crippen molar-refractivity contribution in [2.24, 2.45) is 5.73 Å². The number of unbranched alkanes of at least 4 members (excludes halogenated alkanes) is 1. The molecule has 0 aromatic rings. The summed E-state index contributed by atoms with van der Waals surface area (Å²) < 4.78 is 59.2. The van der Waals surface area contributed by atoms with Crippen molar-refractivity contribution in [2.45, 2.75) is 19.8 Å². The minimum absolute atomic E-state index is 0. The third-order valence-corrected chi connectivity index (χ3v) is 2.07. The van der Waals surface area contributed by atoms with Gasteiger partial charge in [-0.15, -0.1) is 0 Å². The second-order valence-corrected chi connectivity index (χ2v) is 6.08. The van der Waals surface area contributed by atoms with E-state index in [0.717, 1.165) is 19.8 Å². The molecule has 1 rings (SSSR count). The molecular formula is C9H20F6N3P. The van der Waals surface area contributed by atoms with E-state index in [-0.39, 0.29) is 1.43 Å². The topological polar surface area (TPSA) is 32.5 Å². The van der Waals surface area contributed by atoms with Crippen molar-refractivity contribution in [3.8, 4) is 0 Å². The number of hydrogen-bond acceptors (Lipinski definition) is 3. The van der Waals surface area contributed by atoms with Crippen LogP contribution in [-0.2, 0) is 0 Å². The normalized spacial score (nSPS) is 18.7. The van der Waals surface area contributed by atoms with Crippen LogP contribution in [0.3, 0.4) is 0 Å². The van der Waals surface area contributed by atoms with Gasteiger partial charge in [-0.1, -0.05) is 13.3 Å². The average molecular weight is 315 g/mol. The van der Waals surface area contributed by atoms with Crippen molar-refractivity contribution in [1.29, 1.82) is 0 Å². The molecule has 0 aromatic heterocycles. The summed E-state index contributed by atoms with van der Waals surface area (Å²) >= 11 is 0. The first kappa shape index (κ1) is 18.3. The molecule has 19 heavy (non-hydrogen) atoms. The number of hydrogen-bond donors (Lipinski definition) is 1. The van der Waals surface area contributed by atoms with Crippen molar-refractivity contribution in [3.63, 3.8) is 0 Å². The summed E-state index contributed by atoms with van der Waals surface area (Å²) in [5, 5.41) is 0. The molecule has 0 radical (unpaired) electrons. The maximum atomic E-state index is 9.87. The maximum absolute atomic E-state index is 10.7. The summed E-state index contributed by atoms with van der Waals surface area (Å²) in [6, 6.07) is 0. The predicted octanol–water partition coefficient (Wildman–Crippen LogP) is 4.29. The third kappa shape index (κ3) is 17.3. The van der Waals surface area contributed by atoms with Gasteiger partial charge in [0.2, 0.25) is 0 Å². The van der Waals surface area contributed by atoms with Gasteiger partial charge in [-0.05, 0) is 6.42 Å². The molecule has 0 fully saturated rings. The van der Waals surface area contributed by atoms with Gasteiger partial charge in [0.1, 0.15) is 0 Å². The molecule has 0 atom stereocenters. The molecule has 0 saturated heterocycles. The van der Waals surface area contributed by atoms with E-state index in [1.165, 1.54) is 19.4 Å². The van der Waals surface area contributed by atoms with E-state index in [2.05, 4.69) is 29.1 Å². The van der Waals surface area contributed by atoms with E-state index < -0.39 is 7.81 Å². The van der Waals surface area contributed by atoms with Crippen LogP contribution in [0.25, 0.3) is 0 Å². The molecule has 0 spiro atoms. The minimum atomic E-state index is -10.7. The van der Waals surface area contributed by atoms with Gasteiger partial charge in [-0.3, -0.25) is 0 Å². The zero-order valence-electron chi connectivity index (χ0n) is 11.6. The number of halogens is 6. The molecule has 0 amide bonds. The van der Waals surface area contributed by atoms with Crippen LogP contribution < -0.4 is 5.73 Å². The Bertz CT molecular complexity index is 295. The fraction of sp³-hybridized carbons (Fsp3) is 0.778. The maximum Gasteiger partial charge on any atom is 1.00 e. The standard InChI is InChI=1S/C9H19N3.F6P/c1-2-3-5-11-7-8-12(9-11)6-4-10;1-7(2,3,4,5)6/h7-8H,2-6,9-10H2,1H3;/q;-1/p+1. The quantitative estimate of drug-likeness (QED) is 0.607. The molecule has 3 nitrogen and oxygen atoms in total. The van der Waals surface area contributed by atoms with Gasteiger partial charge in [0.05, 0.1) is 6.67 Å². The van der Waals surface area contributed by atoms with E-state index in [9.17, 15) is 25.2 Å². The first-order chi connectivity index (χ1) is 8.31. The second kappa shape index (κ2) is 5.75. The zero-order chi connectivity index (χ0) is 15.2. The van der Waals surface area contributed by atoms with E-state index in [1.54, 1.807) is 0 Å². The van der Waals surface area contributed by atoms with Gasteiger partial charge in [0.15, 0.2) is 0 Å². The largest absolute Gasteiger partial charge is 1.00 e. The molecule has 0 bridgehead atoms. The Morgan fingerprint density at radius 1 is 1.05 bits per heavy atom. The summed E-state index contributed by atoms with van der Waals surface area (Å²) in [4.78, 5) is 4.58. The molecule has 0 saturated carbocycles. The summed E-state index contributed by atoms with van der Waals surface area (Å²) in [6.45, 7) is 6.13.